The molecule has 9 heteroatoms. The standard InChI is InChI=1S/C12H13ClN2O6/c13-8-3-7(4-9(14)12(18)19)6(1-2-11(16)17)5-10(8)15(20)21/h3,5,9H,1-2,4,14H2,(H,16,17)(H,18,19)/t9-/m1/s1. The molecular formula is C12H13ClN2O6. The van der Waals surface area contributed by atoms with Crippen LogP contribution in [0.4, 0.5) is 5.69 Å². The van der Waals surface area contributed by atoms with Crippen molar-refractivity contribution in [3.63, 3.8) is 0 Å². The lowest BCUT2D eigenvalue weighted by Crippen LogP contribution is -2.32. The van der Waals surface area contributed by atoms with E-state index in [1.54, 1.807) is 0 Å². The fourth-order valence-electron chi connectivity index (χ4n) is 1.77. The highest BCUT2D eigenvalue weighted by Gasteiger charge is 2.20. The largest absolute Gasteiger partial charge is 0.481 e. The molecule has 0 heterocycles. The van der Waals surface area contributed by atoms with E-state index in [2.05, 4.69) is 0 Å². The summed E-state index contributed by atoms with van der Waals surface area (Å²) >= 11 is 5.78. The smallest absolute Gasteiger partial charge is 0.320 e. The van der Waals surface area contributed by atoms with Crippen LogP contribution in [0.1, 0.15) is 17.5 Å². The molecule has 0 saturated heterocycles. The summed E-state index contributed by atoms with van der Waals surface area (Å²) in [6.45, 7) is 0. The first kappa shape index (κ1) is 16.9. The van der Waals surface area contributed by atoms with Crippen molar-refractivity contribution in [1.82, 2.24) is 0 Å². The SMILES string of the molecule is N[C@H](Cc1cc(Cl)c([N+](=O)[O-])cc1CCC(=O)O)C(=O)O. The molecule has 1 atom stereocenters. The van der Waals surface area contributed by atoms with Gasteiger partial charge in [-0.15, -0.1) is 0 Å². The number of nitrogens with two attached hydrogens (primary N) is 1. The van der Waals surface area contributed by atoms with Crippen molar-refractivity contribution in [1.29, 1.82) is 0 Å². The second kappa shape index (κ2) is 7.00. The van der Waals surface area contributed by atoms with Crippen molar-refractivity contribution in [2.75, 3.05) is 0 Å². The number of aliphatic carboxylic acids is 2. The molecule has 0 bridgehead atoms. The van der Waals surface area contributed by atoms with Gasteiger partial charge in [-0.3, -0.25) is 19.7 Å². The fourth-order valence-corrected chi connectivity index (χ4v) is 2.03. The quantitative estimate of drug-likeness (QED) is 0.506. The van der Waals surface area contributed by atoms with Crippen molar-refractivity contribution in [3.8, 4) is 0 Å². The van der Waals surface area contributed by atoms with Crippen LogP contribution in [0.15, 0.2) is 12.1 Å². The van der Waals surface area contributed by atoms with E-state index in [-0.39, 0.29) is 30.0 Å². The normalized spacial score (nSPS) is 11.9. The van der Waals surface area contributed by atoms with E-state index in [1.165, 1.54) is 6.07 Å². The number of hydrogen-bond donors (Lipinski definition) is 3. The minimum Gasteiger partial charge on any atom is -0.481 e. The summed E-state index contributed by atoms with van der Waals surface area (Å²) in [6, 6.07) is 1.22. The van der Waals surface area contributed by atoms with Crippen LogP contribution in [0.5, 0.6) is 0 Å². The second-order valence-electron chi connectivity index (χ2n) is 4.37. The number of carboxylic acids is 2. The van der Waals surface area contributed by atoms with Crippen molar-refractivity contribution < 1.29 is 24.7 Å². The Balaban J connectivity index is 3.19. The van der Waals surface area contributed by atoms with Gasteiger partial charge in [0.25, 0.3) is 5.69 Å². The Morgan fingerprint density at radius 2 is 1.95 bits per heavy atom. The van der Waals surface area contributed by atoms with Gasteiger partial charge in [-0.25, -0.2) is 0 Å². The number of halogens is 1. The zero-order valence-electron chi connectivity index (χ0n) is 10.8. The summed E-state index contributed by atoms with van der Waals surface area (Å²) in [7, 11) is 0. The maximum atomic E-state index is 10.8. The Morgan fingerprint density at radius 3 is 2.43 bits per heavy atom. The first-order valence-electron chi connectivity index (χ1n) is 5.88. The Morgan fingerprint density at radius 1 is 1.33 bits per heavy atom. The Bertz CT molecular complexity index is 589. The molecule has 0 saturated carbocycles. The topological polar surface area (TPSA) is 144 Å². The number of carbonyl (C=O) groups is 2. The molecule has 0 unspecified atom stereocenters. The lowest BCUT2D eigenvalue weighted by molar-refractivity contribution is -0.384. The highest BCUT2D eigenvalue weighted by molar-refractivity contribution is 6.32. The average Bonchev–Trinajstić information content (AvgIpc) is 2.36. The maximum absolute atomic E-state index is 10.8. The minimum absolute atomic E-state index is 0.0228. The molecular weight excluding hydrogens is 304 g/mol. The van der Waals surface area contributed by atoms with Gasteiger partial charge >= 0.3 is 11.9 Å². The molecule has 114 valence electrons. The van der Waals surface area contributed by atoms with Gasteiger partial charge < -0.3 is 15.9 Å². The summed E-state index contributed by atoms with van der Waals surface area (Å²) in [4.78, 5) is 31.6. The lowest BCUT2D eigenvalue weighted by Gasteiger charge is -2.12. The maximum Gasteiger partial charge on any atom is 0.320 e. The first-order valence-corrected chi connectivity index (χ1v) is 6.26. The number of nitrogens with zero attached hydrogens (tertiary/aromatic N) is 1. The zero-order chi connectivity index (χ0) is 16.2. The minimum atomic E-state index is -1.23. The van der Waals surface area contributed by atoms with Crippen molar-refractivity contribution in [3.05, 3.63) is 38.4 Å². The number of aryl methyl sites for hydroxylation is 1. The third-order valence-electron chi connectivity index (χ3n) is 2.83. The number of nitro benzene ring substituents is 1. The fraction of sp³-hybridized carbons (Fsp3) is 0.333. The van der Waals surface area contributed by atoms with Gasteiger partial charge in [0.1, 0.15) is 11.1 Å². The van der Waals surface area contributed by atoms with E-state index in [4.69, 9.17) is 27.5 Å². The van der Waals surface area contributed by atoms with Crippen LogP contribution in [-0.4, -0.2) is 33.1 Å². The summed E-state index contributed by atoms with van der Waals surface area (Å²) in [6.07, 6.45) is -0.314. The molecule has 1 aromatic rings. The van der Waals surface area contributed by atoms with Gasteiger partial charge in [0.2, 0.25) is 0 Å². The molecule has 0 radical (unpaired) electrons. The van der Waals surface area contributed by atoms with E-state index >= 15 is 0 Å². The number of rotatable bonds is 7. The second-order valence-corrected chi connectivity index (χ2v) is 4.78. The van der Waals surface area contributed by atoms with Crippen LogP contribution in [-0.2, 0) is 22.4 Å². The van der Waals surface area contributed by atoms with E-state index < -0.39 is 22.9 Å². The molecule has 0 amide bonds. The van der Waals surface area contributed by atoms with E-state index in [0.29, 0.717) is 11.1 Å². The number of benzene rings is 1. The summed E-state index contributed by atoms with van der Waals surface area (Å²) in [5, 5.41) is 28.2. The number of nitro groups is 1. The van der Waals surface area contributed by atoms with Gasteiger partial charge in [0.15, 0.2) is 0 Å². The summed E-state index contributed by atoms with van der Waals surface area (Å²) in [5.74, 6) is -2.30. The molecule has 0 fully saturated rings. The van der Waals surface area contributed by atoms with E-state index in [0.717, 1.165) is 6.07 Å². The third-order valence-corrected chi connectivity index (χ3v) is 3.13. The zero-order valence-corrected chi connectivity index (χ0v) is 11.5. The van der Waals surface area contributed by atoms with Crippen LogP contribution in [0.2, 0.25) is 5.02 Å². The predicted octanol–water partition coefficient (Wildman–Crippen LogP) is 1.22. The van der Waals surface area contributed by atoms with Crippen LogP contribution >= 0.6 is 11.6 Å². The molecule has 1 aromatic carbocycles. The van der Waals surface area contributed by atoms with Crippen molar-refractivity contribution in [2.24, 2.45) is 5.73 Å². The lowest BCUT2D eigenvalue weighted by atomic mass is 9.96. The van der Waals surface area contributed by atoms with Gasteiger partial charge in [-0.2, -0.15) is 0 Å². The van der Waals surface area contributed by atoms with Crippen LogP contribution < -0.4 is 5.73 Å². The Labute approximate surface area is 124 Å². The van der Waals surface area contributed by atoms with Crippen molar-refractivity contribution in [2.45, 2.75) is 25.3 Å². The predicted molar refractivity (Wildman–Crippen MR) is 73.4 cm³/mol. The molecule has 0 aliphatic rings. The molecule has 8 nitrogen and oxygen atoms in total. The van der Waals surface area contributed by atoms with E-state index in [1.807, 2.05) is 0 Å². The monoisotopic (exact) mass is 316 g/mol. The van der Waals surface area contributed by atoms with Crippen molar-refractivity contribution >= 4 is 29.2 Å². The van der Waals surface area contributed by atoms with Gasteiger partial charge in [-0.05, 0) is 30.0 Å². The molecule has 1 rings (SSSR count). The van der Waals surface area contributed by atoms with Gasteiger partial charge in [0, 0.05) is 12.5 Å². The number of carboxylic acid groups (broad SMARTS) is 2. The molecule has 0 spiro atoms. The Hall–Kier alpha value is -2.19. The summed E-state index contributed by atoms with van der Waals surface area (Å²) < 4.78 is 0. The highest BCUT2D eigenvalue weighted by atomic mass is 35.5. The highest BCUT2D eigenvalue weighted by Crippen LogP contribution is 2.29. The third kappa shape index (κ3) is 4.69. The van der Waals surface area contributed by atoms with Crippen LogP contribution in [0.3, 0.4) is 0 Å². The summed E-state index contributed by atoms with van der Waals surface area (Å²) in [5.41, 5.74) is 5.81. The molecule has 0 aliphatic carbocycles. The molecule has 4 N–H and O–H groups in total. The van der Waals surface area contributed by atoms with Gasteiger partial charge in [0.05, 0.1) is 4.92 Å². The molecule has 21 heavy (non-hydrogen) atoms. The first-order chi connectivity index (χ1) is 9.72. The molecule has 0 aliphatic heterocycles. The van der Waals surface area contributed by atoms with Crippen LogP contribution in [0, 0.1) is 10.1 Å². The average molecular weight is 317 g/mol. The van der Waals surface area contributed by atoms with Crippen LogP contribution in [0.25, 0.3) is 0 Å². The molecule has 0 aromatic heterocycles. The van der Waals surface area contributed by atoms with E-state index in [9.17, 15) is 19.7 Å². The Kier molecular flexibility index (Phi) is 5.62. The number of hydrogen-bond acceptors (Lipinski definition) is 5. The van der Waals surface area contributed by atoms with Gasteiger partial charge in [-0.1, -0.05) is 11.6 Å².